The Morgan fingerprint density at radius 1 is 1.06 bits per heavy atom. The molecule has 2 aromatic rings. The number of fused-ring (bicyclic) bond motifs is 1. The molecule has 2 aromatic carbocycles. The van der Waals surface area contributed by atoms with Gasteiger partial charge in [0.2, 0.25) is 5.54 Å². The van der Waals surface area contributed by atoms with E-state index in [2.05, 4.69) is 33.1 Å². The predicted molar refractivity (Wildman–Crippen MR) is 120 cm³/mol. The lowest BCUT2D eigenvalue weighted by molar-refractivity contribution is -0.122. The number of hydrogen-bond acceptors (Lipinski definition) is 6. The van der Waals surface area contributed by atoms with Gasteiger partial charge in [0.15, 0.2) is 0 Å². The molecule has 3 aliphatic rings. The number of ether oxygens (including phenoxy) is 1. The van der Waals surface area contributed by atoms with Gasteiger partial charge in [0.25, 0.3) is 17.7 Å². The van der Waals surface area contributed by atoms with Crippen molar-refractivity contribution in [3.8, 4) is 17.6 Å². The molecular weight excluding hydrogens is 454 g/mol. The highest BCUT2D eigenvalue weighted by Crippen LogP contribution is 2.28. The fraction of sp³-hybridized carbons (Fsp3) is 0.208. The van der Waals surface area contributed by atoms with Gasteiger partial charge in [-0.1, -0.05) is 30.0 Å². The standard InChI is InChI=1S/C24H19N5O6/c1-35-16-6-5-15-11-29(20(31)17(15)10-16)12-24(21(32)27-23(34)28-24)8-7-13-3-2-4-14(9-13)18-19(30)26-22(33)25-18/h2-6,9-10,18H,11-12H2,1H3,(H2,25,26,30,33)(H2,27,28,32,34)/t18?,24-/m1/s1. The summed E-state index contributed by atoms with van der Waals surface area (Å²) in [5.41, 5.74) is 0.516. The van der Waals surface area contributed by atoms with Gasteiger partial charge in [0.1, 0.15) is 11.8 Å². The minimum Gasteiger partial charge on any atom is -0.497 e. The van der Waals surface area contributed by atoms with Crippen LogP contribution in [0, 0.1) is 11.8 Å². The molecule has 1 unspecified atom stereocenters. The minimum atomic E-state index is -1.67. The van der Waals surface area contributed by atoms with Gasteiger partial charge in [-0.2, -0.15) is 0 Å². The van der Waals surface area contributed by atoms with Crippen molar-refractivity contribution in [2.24, 2.45) is 0 Å². The first-order valence-electron chi connectivity index (χ1n) is 10.6. The van der Waals surface area contributed by atoms with E-state index in [0.717, 1.165) is 5.56 Å². The lowest BCUT2D eigenvalue weighted by atomic mass is 9.98. The summed E-state index contributed by atoms with van der Waals surface area (Å²) in [6.07, 6.45) is 0. The first kappa shape index (κ1) is 22.0. The Bertz CT molecular complexity index is 1380. The van der Waals surface area contributed by atoms with Crippen LogP contribution in [0.5, 0.6) is 5.75 Å². The zero-order valence-corrected chi connectivity index (χ0v) is 18.4. The van der Waals surface area contributed by atoms with Crippen molar-refractivity contribution < 1.29 is 28.7 Å². The molecule has 0 spiro atoms. The third-order valence-electron chi connectivity index (χ3n) is 5.98. The second kappa shape index (κ2) is 8.18. The van der Waals surface area contributed by atoms with E-state index in [1.54, 1.807) is 42.5 Å². The normalized spacial score (nSPS) is 22.6. The van der Waals surface area contributed by atoms with Gasteiger partial charge in [-0.05, 0) is 35.4 Å². The van der Waals surface area contributed by atoms with Crippen LogP contribution in [-0.2, 0) is 16.1 Å². The summed E-state index contributed by atoms with van der Waals surface area (Å²) in [4.78, 5) is 62.7. The molecule has 2 atom stereocenters. The summed E-state index contributed by atoms with van der Waals surface area (Å²) in [6.45, 7) is 0.0743. The maximum atomic E-state index is 13.0. The maximum Gasteiger partial charge on any atom is 0.323 e. The van der Waals surface area contributed by atoms with Gasteiger partial charge >= 0.3 is 12.1 Å². The highest BCUT2D eigenvalue weighted by atomic mass is 16.5. The fourth-order valence-corrected chi connectivity index (χ4v) is 4.24. The third kappa shape index (κ3) is 3.91. The number of methoxy groups -OCH3 is 1. The quantitative estimate of drug-likeness (QED) is 0.368. The van der Waals surface area contributed by atoms with E-state index in [9.17, 15) is 24.0 Å². The molecule has 0 aromatic heterocycles. The van der Waals surface area contributed by atoms with Gasteiger partial charge in [0.05, 0.1) is 13.7 Å². The van der Waals surface area contributed by atoms with Gasteiger partial charge in [-0.25, -0.2) is 9.59 Å². The average Bonchev–Trinajstić information content (AvgIpc) is 3.44. The van der Waals surface area contributed by atoms with Crippen molar-refractivity contribution in [3.63, 3.8) is 0 Å². The van der Waals surface area contributed by atoms with Crippen molar-refractivity contribution in [2.45, 2.75) is 18.1 Å². The van der Waals surface area contributed by atoms with Crippen LogP contribution in [-0.4, -0.2) is 53.9 Å². The third-order valence-corrected chi connectivity index (χ3v) is 5.98. The van der Waals surface area contributed by atoms with Crippen molar-refractivity contribution in [1.29, 1.82) is 0 Å². The lowest BCUT2D eigenvalue weighted by Crippen LogP contribution is -2.54. The molecule has 4 N–H and O–H groups in total. The highest BCUT2D eigenvalue weighted by Gasteiger charge is 2.48. The Balaban J connectivity index is 1.43. The van der Waals surface area contributed by atoms with E-state index in [1.807, 2.05) is 0 Å². The topological polar surface area (TPSA) is 146 Å². The van der Waals surface area contributed by atoms with Crippen LogP contribution < -0.4 is 26.0 Å². The molecule has 3 heterocycles. The SMILES string of the molecule is COc1ccc2c(c1)C(=O)N(C[C@@]1(C#Cc3cccc(C4NC(=O)NC4=O)c3)NC(=O)NC1=O)C2. The number of hydrogen-bond donors (Lipinski definition) is 4. The van der Waals surface area contributed by atoms with E-state index in [-0.39, 0.29) is 19.0 Å². The molecule has 2 fully saturated rings. The van der Waals surface area contributed by atoms with E-state index < -0.39 is 35.5 Å². The first-order valence-corrected chi connectivity index (χ1v) is 10.6. The van der Waals surface area contributed by atoms with Crippen LogP contribution in [0.1, 0.15) is 33.1 Å². The lowest BCUT2D eigenvalue weighted by Gasteiger charge is -2.26. The summed E-state index contributed by atoms with van der Waals surface area (Å²) < 4.78 is 5.19. The Labute approximate surface area is 199 Å². The smallest absolute Gasteiger partial charge is 0.323 e. The minimum absolute atomic E-state index is 0.172. The van der Waals surface area contributed by atoms with Crippen molar-refractivity contribution in [1.82, 2.24) is 26.2 Å². The average molecular weight is 473 g/mol. The molecule has 7 amide bonds. The zero-order valence-electron chi connectivity index (χ0n) is 18.4. The largest absolute Gasteiger partial charge is 0.497 e. The number of amides is 7. The Morgan fingerprint density at radius 3 is 2.57 bits per heavy atom. The van der Waals surface area contributed by atoms with Crippen LogP contribution >= 0.6 is 0 Å². The summed E-state index contributed by atoms with van der Waals surface area (Å²) in [5, 5.41) is 9.42. The van der Waals surface area contributed by atoms with Crippen molar-refractivity contribution in [3.05, 3.63) is 64.7 Å². The fourth-order valence-electron chi connectivity index (χ4n) is 4.24. The van der Waals surface area contributed by atoms with Crippen LogP contribution in [0.4, 0.5) is 9.59 Å². The van der Waals surface area contributed by atoms with Gasteiger partial charge in [0, 0.05) is 17.7 Å². The highest BCUT2D eigenvalue weighted by molar-refractivity contribution is 6.10. The molecule has 0 saturated carbocycles. The van der Waals surface area contributed by atoms with Crippen molar-refractivity contribution >= 4 is 29.8 Å². The number of urea groups is 2. The first-order chi connectivity index (χ1) is 16.8. The number of benzene rings is 2. The Kier molecular flexibility index (Phi) is 5.13. The number of carbonyl (C=O) groups is 5. The summed E-state index contributed by atoms with van der Waals surface area (Å²) in [5.74, 6) is 4.77. The maximum absolute atomic E-state index is 13.0. The molecule has 0 radical (unpaired) electrons. The van der Waals surface area contributed by atoms with Gasteiger partial charge in [-0.15, -0.1) is 0 Å². The van der Waals surface area contributed by atoms with Crippen molar-refractivity contribution in [2.75, 3.05) is 13.7 Å². The molecule has 5 rings (SSSR count). The number of carbonyl (C=O) groups excluding carboxylic acids is 5. The monoisotopic (exact) mass is 473 g/mol. The van der Waals surface area contributed by atoms with E-state index in [0.29, 0.717) is 22.4 Å². The Hall–Kier alpha value is -4.85. The summed E-state index contributed by atoms with van der Waals surface area (Å²) in [6, 6.07) is 9.59. The molecule has 35 heavy (non-hydrogen) atoms. The van der Waals surface area contributed by atoms with E-state index >= 15 is 0 Å². The second-order valence-electron chi connectivity index (χ2n) is 8.27. The predicted octanol–water partition coefficient (Wildman–Crippen LogP) is 0.161. The zero-order chi connectivity index (χ0) is 24.7. The van der Waals surface area contributed by atoms with E-state index in [4.69, 9.17) is 4.74 Å². The number of rotatable bonds is 4. The summed E-state index contributed by atoms with van der Waals surface area (Å²) in [7, 11) is 1.50. The molecule has 2 saturated heterocycles. The molecule has 0 aliphatic carbocycles. The van der Waals surface area contributed by atoms with Gasteiger partial charge in [-0.3, -0.25) is 25.0 Å². The number of nitrogens with zero attached hydrogens (tertiary/aromatic N) is 1. The summed E-state index contributed by atoms with van der Waals surface area (Å²) >= 11 is 0. The molecular formula is C24H19N5O6. The second-order valence-corrected chi connectivity index (χ2v) is 8.27. The molecule has 176 valence electrons. The number of imide groups is 2. The molecule has 3 aliphatic heterocycles. The van der Waals surface area contributed by atoms with Gasteiger partial charge < -0.3 is 20.3 Å². The molecule has 11 nitrogen and oxygen atoms in total. The van der Waals surface area contributed by atoms with Crippen LogP contribution in [0.15, 0.2) is 42.5 Å². The Morgan fingerprint density at radius 2 is 1.89 bits per heavy atom. The van der Waals surface area contributed by atoms with Crippen LogP contribution in [0.25, 0.3) is 0 Å². The molecule has 0 bridgehead atoms. The van der Waals surface area contributed by atoms with E-state index in [1.165, 1.54) is 12.0 Å². The molecule has 11 heteroatoms. The van der Waals surface area contributed by atoms with Crippen LogP contribution in [0.3, 0.4) is 0 Å². The number of nitrogens with one attached hydrogen (secondary N) is 4. The van der Waals surface area contributed by atoms with Crippen LogP contribution in [0.2, 0.25) is 0 Å².